The first kappa shape index (κ1) is 22.4. The van der Waals surface area contributed by atoms with Crippen molar-refractivity contribution >= 4 is 34.2 Å². The first-order valence-corrected chi connectivity index (χ1v) is 12.1. The number of aryl methyl sites for hydroxylation is 2. The Morgan fingerprint density at radius 3 is 2.61 bits per heavy atom. The molecule has 10 nitrogen and oxygen atoms in total. The van der Waals surface area contributed by atoms with Gasteiger partial charge in [0.25, 0.3) is 5.91 Å². The number of benzene rings is 1. The van der Waals surface area contributed by atoms with Gasteiger partial charge in [0.15, 0.2) is 11.3 Å². The number of rotatable bonds is 6. The lowest BCUT2D eigenvalue weighted by Crippen LogP contribution is -2.31. The van der Waals surface area contributed by atoms with Crippen LogP contribution in [0.2, 0.25) is 0 Å². The van der Waals surface area contributed by atoms with Crippen molar-refractivity contribution in [3.8, 4) is 11.1 Å². The number of pyridine rings is 1. The Balaban J connectivity index is 1.15. The minimum atomic E-state index is -0.413. The third kappa shape index (κ3) is 4.24. The van der Waals surface area contributed by atoms with Crippen molar-refractivity contribution in [3.05, 3.63) is 54.2 Å². The molecule has 2 fully saturated rings. The van der Waals surface area contributed by atoms with Crippen LogP contribution in [-0.4, -0.2) is 56.3 Å². The van der Waals surface area contributed by atoms with Crippen molar-refractivity contribution in [2.45, 2.75) is 19.8 Å². The number of nitrogens with one attached hydrogen (secondary N) is 2. The standard InChI is InChI=1S/C26H27N7O3/c1-15-22(8-20(10-27-15)29-24(34)14-33-12-17-3-4-18(17)13-33)30-26(35)25-21-6-5-16(7-23(21)36-31-25)19-9-28-32(2)11-19/h5-11,17-18H,3-4,12-14H2,1-2H3,(H,29,34)(H,30,35). The van der Waals surface area contributed by atoms with E-state index in [1.807, 2.05) is 31.4 Å². The summed E-state index contributed by atoms with van der Waals surface area (Å²) in [6.45, 7) is 4.17. The quantitative estimate of drug-likeness (QED) is 0.429. The van der Waals surface area contributed by atoms with Crippen LogP contribution in [-0.2, 0) is 11.8 Å². The highest BCUT2D eigenvalue weighted by molar-refractivity contribution is 6.11. The summed E-state index contributed by atoms with van der Waals surface area (Å²) in [5, 5.41) is 14.6. The number of carbonyl (C=O) groups is 2. The van der Waals surface area contributed by atoms with Crippen LogP contribution in [0, 0.1) is 18.8 Å². The summed E-state index contributed by atoms with van der Waals surface area (Å²) in [6.07, 6.45) is 7.83. The van der Waals surface area contributed by atoms with Crippen LogP contribution in [0.25, 0.3) is 22.1 Å². The maximum Gasteiger partial charge on any atom is 0.278 e. The Morgan fingerprint density at radius 2 is 1.89 bits per heavy atom. The molecule has 2 atom stereocenters. The van der Waals surface area contributed by atoms with E-state index in [0.717, 1.165) is 36.1 Å². The molecule has 2 unspecified atom stereocenters. The second kappa shape index (κ2) is 8.87. The number of amides is 2. The maximum atomic E-state index is 13.1. The minimum Gasteiger partial charge on any atom is -0.355 e. The molecule has 4 heterocycles. The number of hydrogen-bond donors (Lipinski definition) is 2. The van der Waals surface area contributed by atoms with Gasteiger partial charge in [-0.2, -0.15) is 5.10 Å². The second-order valence-corrected chi connectivity index (χ2v) is 9.80. The molecular weight excluding hydrogens is 458 g/mol. The van der Waals surface area contributed by atoms with Crippen molar-refractivity contribution in [2.24, 2.45) is 18.9 Å². The van der Waals surface area contributed by atoms with Gasteiger partial charge in [0.2, 0.25) is 5.91 Å². The van der Waals surface area contributed by atoms with Crippen LogP contribution in [0.3, 0.4) is 0 Å². The summed E-state index contributed by atoms with van der Waals surface area (Å²) in [6, 6.07) is 7.27. The third-order valence-corrected chi connectivity index (χ3v) is 7.27. The number of hydrogen-bond acceptors (Lipinski definition) is 7. The van der Waals surface area contributed by atoms with Crippen LogP contribution >= 0.6 is 0 Å². The summed E-state index contributed by atoms with van der Waals surface area (Å²) in [5.41, 5.74) is 4.22. The molecular formula is C26H27N7O3. The fourth-order valence-corrected chi connectivity index (χ4v) is 5.15. The highest BCUT2D eigenvalue weighted by atomic mass is 16.5. The Labute approximate surface area is 207 Å². The highest BCUT2D eigenvalue weighted by Gasteiger charge is 2.39. The summed E-state index contributed by atoms with van der Waals surface area (Å²) >= 11 is 0. The van der Waals surface area contributed by atoms with E-state index >= 15 is 0 Å². The van der Waals surface area contributed by atoms with Crippen molar-refractivity contribution in [1.82, 2.24) is 24.8 Å². The molecule has 6 rings (SSSR count). The zero-order valence-electron chi connectivity index (χ0n) is 20.2. The smallest absolute Gasteiger partial charge is 0.278 e. The largest absolute Gasteiger partial charge is 0.355 e. The van der Waals surface area contributed by atoms with Crippen LogP contribution < -0.4 is 10.6 Å². The van der Waals surface area contributed by atoms with Gasteiger partial charge in [0.05, 0.1) is 41.4 Å². The second-order valence-electron chi connectivity index (χ2n) is 9.80. The molecule has 184 valence electrons. The predicted octanol–water partition coefficient (Wildman–Crippen LogP) is 3.46. The number of fused-ring (bicyclic) bond motifs is 2. The van der Waals surface area contributed by atoms with E-state index in [4.69, 9.17) is 4.52 Å². The summed E-state index contributed by atoms with van der Waals surface area (Å²) in [7, 11) is 1.85. The van der Waals surface area contributed by atoms with E-state index in [1.165, 1.54) is 12.8 Å². The fraction of sp³-hybridized carbons (Fsp3) is 0.346. The van der Waals surface area contributed by atoms with E-state index in [2.05, 4.69) is 30.8 Å². The lowest BCUT2D eigenvalue weighted by molar-refractivity contribution is -0.117. The van der Waals surface area contributed by atoms with Crippen molar-refractivity contribution in [1.29, 1.82) is 0 Å². The molecule has 1 aromatic carbocycles. The first-order chi connectivity index (χ1) is 17.4. The van der Waals surface area contributed by atoms with Gasteiger partial charge < -0.3 is 15.2 Å². The summed E-state index contributed by atoms with van der Waals surface area (Å²) in [5.74, 6) is 1.03. The normalized spacial score (nSPS) is 19.2. The molecule has 1 aliphatic carbocycles. The van der Waals surface area contributed by atoms with Gasteiger partial charge in [0, 0.05) is 31.9 Å². The summed E-state index contributed by atoms with van der Waals surface area (Å²) in [4.78, 5) is 32.2. The minimum absolute atomic E-state index is 0.0776. The molecule has 4 aromatic rings. The van der Waals surface area contributed by atoms with Crippen LogP contribution in [0.15, 0.2) is 47.4 Å². The number of aromatic nitrogens is 4. The molecule has 0 spiro atoms. The number of nitrogens with zero attached hydrogens (tertiary/aromatic N) is 5. The van der Waals surface area contributed by atoms with Crippen molar-refractivity contribution in [3.63, 3.8) is 0 Å². The number of anilines is 2. The molecule has 2 aliphatic rings. The van der Waals surface area contributed by atoms with Crippen molar-refractivity contribution < 1.29 is 14.1 Å². The molecule has 10 heteroatoms. The number of likely N-dealkylation sites (tertiary alicyclic amines) is 1. The average molecular weight is 486 g/mol. The molecule has 3 aromatic heterocycles. The van der Waals surface area contributed by atoms with Crippen molar-refractivity contribution in [2.75, 3.05) is 30.3 Å². The fourth-order valence-electron chi connectivity index (χ4n) is 5.15. The molecule has 1 saturated heterocycles. The van der Waals surface area contributed by atoms with Crippen LogP contribution in [0.1, 0.15) is 29.0 Å². The van der Waals surface area contributed by atoms with Gasteiger partial charge in [-0.05, 0) is 55.4 Å². The lowest BCUT2D eigenvalue weighted by atomic mass is 9.77. The van der Waals surface area contributed by atoms with E-state index in [9.17, 15) is 9.59 Å². The van der Waals surface area contributed by atoms with Crippen LogP contribution in [0.5, 0.6) is 0 Å². The van der Waals surface area contributed by atoms with Gasteiger partial charge in [-0.15, -0.1) is 0 Å². The predicted molar refractivity (Wildman–Crippen MR) is 134 cm³/mol. The van der Waals surface area contributed by atoms with Crippen LogP contribution in [0.4, 0.5) is 11.4 Å². The molecule has 0 radical (unpaired) electrons. The van der Waals surface area contributed by atoms with Gasteiger partial charge in [-0.1, -0.05) is 11.2 Å². The SMILES string of the molecule is Cc1ncc(NC(=O)CN2CC3CCC3C2)cc1NC(=O)c1noc2cc(-c3cnn(C)c3)ccc12. The van der Waals surface area contributed by atoms with Gasteiger partial charge in [0.1, 0.15) is 0 Å². The zero-order chi connectivity index (χ0) is 24.8. The van der Waals surface area contributed by atoms with E-state index in [1.54, 1.807) is 30.1 Å². The highest BCUT2D eigenvalue weighted by Crippen LogP contribution is 2.40. The van der Waals surface area contributed by atoms with Gasteiger partial charge in [-0.3, -0.25) is 24.2 Å². The average Bonchev–Trinajstić information content (AvgIpc) is 3.54. The molecule has 2 N–H and O–H groups in total. The van der Waals surface area contributed by atoms with E-state index in [0.29, 0.717) is 34.6 Å². The van der Waals surface area contributed by atoms with Gasteiger partial charge in [-0.25, -0.2) is 0 Å². The lowest BCUT2D eigenvalue weighted by Gasteiger charge is -2.28. The molecule has 36 heavy (non-hydrogen) atoms. The molecule has 1 aliphatic heterocycles. The van der Waals surface area contributed by atoms with Gasteiger partial charge >= 0.3 is 0 Å². The number of carbonyl (C=O) groups excluding carboxylic acids is 2. The summed E-state index contributed by atoms with van der Waals surface area (Å²) < 4.78 is 7.17. The molecule has 0 bridgehead atoms. The molecule has 1 saturated carbocycles. The maximum absolute atomic E-state index is 13.1. The first-order valence-electron chi connectivity index (χ1n) is 12.1. The Morgan fingerprint density at radius 1 is 1.08 bits per heavy atom. The third-order valence-electron chi connectivity index (χ3n) is 7.27. The monoisotopic (exact) mass is 485 g/mol. The zero-order valence-corrected chi connectivity index (χ0v) is 20.2. The Kier molecular flexibility index (Phi) is 5.52. The van der Waals surface area contributed by atoms with E-state index in [-0.39, 0.29) is 11.6 Å². The molecule has 2 amide bonds. The Bertz CT molecular complexity index is 1460. The topological polar surface area (TPSA) is 118 Å². The Hall–Kier alpha value is -4.05. The van der Waals surface area contributed by atoms with E-state index < -0.39 is 5.91 Å².